The van der Waals surface area contributed by atoms with Gasteiger partial charge in [-0.25, -0.2) is 9.37 Å². The van der Waals surface area contributed by atoms with Crippen molar-refractivity contribution >= 4 is 11.7 Å². The number of carbonyl (C=O) groups is 2. The van der Waals surface area contributed by atoms with Crippen molar-refractivity contribution in [2.24, 2.45) is 0 Å². The fourth-order valence-electron chi connectivity index (χ4n) is 4.17. The van der Waals surface area contributed by atoms with Crippen LogP contribution in [0.25, 0.3) is 0 Å². The van der Waals surface area contributed by atoms with E-state index >= 15 is 0 Å². The lowest BCUT2D eigenvalue weighted by Crippen LogP contribution is -2.36. The van der Waals surface area contributed by atoms with Crippen molar-refractivity contribution in [1.29, 1.82) is 0 Å². The van der Waals surface area contributed by atoms with Gasteiger partial charge in [-0.2, -0.15) is 0 Å². The largest absolute Gasteiger partial charge is 0.573 e. The van der Waals surface area contributed by atoms with Crippen molar-refractivity contribution in [3.8, 4) is 23.1 Å². The minimum atomic E-state index is -4.90. The normalized spacial score (nSPS) is 15.4. The molecule has 4 rings (SSSR count). The van der Waals surface area contributed by atoms with Crippen molar-refractivity contribution in [2.75, 3.05) is 0 Å². The number of nitrogens with one attached hydrogen (secondary N) is 1. The van der Waals surface area contributed by atoms with E-state index in [0.717, 1.165) is 35.5 Å². The standard InChI is InChI=1S/C28H24F4N2O5/c1-16-5-10-22(24(35)11-16)26(37)34-19-8-6-17(7-9-19)12-25(36)23-13-18(29)15-33-27(23)38-20-3-2-4-21(14-20)39-28(30,31)32/h2-5,10-15,19,35H,6-9H2,1H3,(H,34,37). The summed E-state index contributed by atoms with van der Waals surface area (Å²) in [6.45, 7) is 1.80. The van der Waals surface area contributed by atoms with Gasteiger partial charge in [-0.3, -0.25) is 9.59 Å². The molecule has 1 amide bonds. The summed E-state index contributed by atoms with van der Waals surface area (Å²) in [4.78, 5) is 29.3. The molecule has 1 fully saturated rings. The highest BCUT2D eigenvalue weighted by Gasteiger charge is 2.31. The zero-order chi connectivity index (χ0) is 28.2. The Morgan fingerprint density at radius 3 is 2.46 bits per heavy atom. The molecular formula is C28H24F4N2O5. The smallest absolute Gasteiger partial charge is 0.507 e. The average Bonchev–Trinajstić information content (AvgIpc) is 2.85. The molecule has 7 nitrogen and oxygen atoms in total. The Balaban J connectivity index is 1.42. The Labute approximate surface area is 221 Å². The van der Waals surface area contributed by atoms with Crippen molar-refractivity contribution < 1.29 is 41.7 Å². The average molecular weight is 545 g/mol. The number of hydrogen-bond acceptors (Lipinski definition) is 6. The molecule has 2 aromatic carbocycles. The van der Waals surface area contributed by atoms with Gasteiger partial charge >= 0.3 is 6.36 Å². The van der Waals surface area contributed by atoms with Crippen molar-refractivity contribution in [1.82, 2.24) is 10.3 Å². The number of aromatic hydroxyl groups is 1. The predicted octanol–water partition coefficient (Wildman–Crippen LogP) is 6.41. The van der Waals surface area contributed by atoms with Gasteiger partial charge in [-0.15, -0.1) is 13.2 Å². The molecule has 11 heteroatoms. The molecule has 0 bridgehead atoms. The number of benzene rings is 2. The topological polar surface area (TPSA) is 97.8 Å². The first-order valence-corrected chi connectivity index (χ1v) is 12.0. The number of phenols is 1. The van der Waals surface area contributed by atoms with Gasteiger partial charge in [0.25, 0.3) is 5.91 Å². The summed E-state index contributed by atoms with van der Waals surface area (Å²) in [5.74, 6) is -2.76. The first kappa shape index (κ1) is 27.6. The van der Waals surface area contributed by atoms with Gasteiger partial charge in [0.1, 0.15) is 23.1 Å². The lowest BCUT2D eigenvalue weighted by Gasteiger charge is -2.25. The summed E-state index contributed by atoms with van der Waals surface area (Å²) >= 11 is 0. The fourth-order valence-corrected chi connectivity index (χ4v) is 4.17. The van der Waals surface area contributed by atoms with Crippen LogP contribution >= 0.6 is 0 Å². The van der Waals surface area contributed by atoms with Crippen LogP contribution in [0.4, 0.5) is 17.6 Å². The van der Waals surface area contributed by atoms with Crippen LogP contribution in [0.3, 0.4) is 0 Å². The maximum absolute atomic E-state index is 13.9. The number of allylic oxidation sites excluding steroid dienone is 2. The van der Waals surface area contributed by atoms with Gasteiger partial charge < -0.3 is 19.9 Å². The quantitative estimate of drug-likeness (QED) is 0.203. The van der Waals surface area contributed by atoms with E-state index in [9.17, 15) is 32.3 Å². The molecule has 1 saturated carbocycles. The summed E-state index contributed by atoms with van der Waals surface area (Å²) in [7, 11) is 0. The number of rotatable bonds is 7. The molecule has 1 aromatic heterocycles. The van der Waals surface area contributed by atoms with E-state index in [-0.39, 0.29) is 34.5 Å². The summed E-state index contributed by atoms with van der Waals surface area (Å²) < 4.78 is 60.9. The molecule has 1 heterocycles. The maximum atomic E-state index is 13.9. The first-order valence-electron chi connectivity index (χ1n) is 12.0. The summed E-state index contributed by atoms with van der Waals surface area (Å²) in [6, 6.07) is 10.2. The number of aromatic nitrogens is 1. The number of amides is 1. The molecule has 1 aliphatic rings. The second kappa shape index (κ2) is 11.5. The second-order valence-electron chi connectivity index (χ2n) is 9.07. The number of aryl methyl sites for hydroxylation is 1. The Kier molecular flexibility index (Phi) is 8.18. The lowest BCUT2D eigenvalue weighted by molar-refractivity contribution is -0.274. The van der Waals surface area contributed by atoms with Crippen LogP contribution in [0.1, 0.15) is 52.0 Å². The summed E-state index contributed by atoms with van der Waals surface area (Å²) in [5.41, 5.74) is 1.58. The van der Waals surface area contributed by atoms with E-state index in [1.165, 1.54) is 24.3 Å². The van der Waals surface area contributed by atoms with E-state index in [4.69, 9.17) is 4.74 Å². The third-order valence-electron chi connectivity index (χ3n) is 6.03. The molecule has 0 saturated heterocycles. The van der Waals surface area contributed by atoms with Crippen LogP contribution in [0.15, 0.2) is 66.4 Å². The van der Waals surface area contributed by atoms with Gasteiger partial charge in [0.2, 0.25) is 5.88 Å². The van der Waals surface area contributed by atoms with Crippen LogP contribution in [0, 0.1) is 12.7 Å². The highest BCUT2D eigenvalue weighted by atomic mass is 19.4. The predicted molar refractivity (Wildman–Crippen MR) is 132 cm³/mol. The Hall–Kier alpha value is -4.41. The number of phenolic OH excluding ortho intramolecular Hbond substituents is 1. The van der Waals surface area contributed by atoms with E-state index in [2.05, 4.69) is 15.0 Å². The molecular weight excluding hydrogens is 520 g/mol. The van der Waals surface area contributed by atoms with Gasteiger partial charge in [0.15, 0.2) is 5.78 Å². The molecule has 0 radical (unpaired) electrons. The number of carbonyl (C=O) groups excluding carboxylic acids is 2. The maximum Gasteiger partial charge on any atom is 0.573 e. The van der Waals surface area contributed by atoms with Gasteiger partial charge in [-0.1, -0.05) is 17.7 Å². The van der Waals surface area contributed by atoms with E-state index in [1.54, 1.807) is 19.1 Å². The Morgan fingerprint density at radius 2 is 1.77 bits per heavy atom. The zero-order valence-corrected chi connectivity index (χ0v) is 20.7. The number of hydrogen-bond donors (Lipinski definition) is 2. The van der Waals surface area contributed by atoms with Gasteiger partial charge in [0.05, 0.1) is 17.3 Å². The molecule has 1 aliphatic carbocycles. The number of halogens is 4. The molecule has 39 heavy (non-hydrogen) atoms. The van der Waals surface area contributed by atoms with Crippen LogP contribution in [0.2, 0.25) is 0 Å². The Morgan fingerprint density at radius 1 is 1.05 bits per heavy atom. The molecule has 2 N–H and O–H groups in total. The van der Waals surface area contributed by atoms with E-state index in [1.807, 2.05) is 0 Å². The molecule has 0 aliphatic heterocycles. The zero-order valence-electron chi connectivity index (χ0n) is 20.7. The van der Waals surface area contributed by atoms with Crippen molar-refractivity contribution in [3.63, 3.8) is 0 Å². The molecule has 0 spiro atoms. The van der Waals surface area contributed by atoms with Gasteiger partial charge in [0, 0.05) is 12.1 Å². The second-order valence-corrected chi connectivity index (χ2v) is 9.07. The highest BCUT2D eigenvalue weighted by molar-refractivity contribution is 6.06. The number of pyridine rings is 1. The van der Waals surface area contributed by atoms with Crippen LogP contribution in [-0.2, 0) is 0 Å². The number of nitrogens with zero attached hydrogens (tertiary/aromatic N) is 1. The van der Waals surface area contributed by atoms with Crippen LogP contribution < -0.4 is 14.8 Å². The number of ketones is 1. The monoisotopic (exact) mass is 544 g/mol. The molecule has 0 unspecified atom stereocenters. The number of alkyl halides is 3. The van der Waals surface area contributed by atoms with Crippen LogP contribution in [-0.4, -0.2) is 34.2 Å². The fraction of sp³-hybridized carbons (Fsp3) is 0.250. The lowest BCUT2D eigenvalue weighted by atomic mass is 9.89. The van der Waals surface area contributed by atoms with Crippen molar-refractivity contribution in [2.45, 2.75) is 45.0 Å². The number of ether oxygens (including phenoxy) is 2. The van der Waals surface area contributed by atoms with E-state index < -0.39 is 29.6 Å². The van der Waals surface area contributed by atoms with Crippen molar-refractivity contribution in [3.05, 3.63) is 88.9 Å². The Bertz CT molecular complexity index is 1410. The van der Waals surface area contributed by atoms with Crippen LogP contribution in [0.5, 0.6) is 23.1 Å². The molecule has 0 atom stereocenters. The van der Waals surface area contributed by atoms with Gasteiger partial charge in [-0.05, 0) is 74.6 Å². The highest BCUT2D eigenvalue weighted by Crippen LogP contribution is 2.31. The minimum absolute atomic E-state index is 0.0894. The SMILES string of the molecule is Cc1ccc(C(=O)NC2CCC(=CC(=O)c3cc(F)cnc3Oc3cccc(OC(F)(F)F)c3)CC2)c(O)c1. The molecule has 3 aromatic rings. The first-order chi connectivity index (χ1) is 18.5. The molecule has 204 valence electrons. The third kappa shape index (κ3) is 7.56. The third-order valence-corrected chi connectivity index (χ3v) is 6.03. The minimum Gasteiger partial charge on any atom is -0.507 e. The van der Waals surface area contributed by atoms with E-state index in [0.29, 0.717) is 25.7 Å². The summed E-state index contributed by atoms with van der Waals surface area (Å²) in [5, 5.41) is 12.9. The summed E-state index contributed by atoms with van der Waals surface area (Å²) in [6.07, 6.45) is -0.628.